The average Bonchev–Trinajstić information content (AvgIpc) is 2.78. The minimum Gasteiger partial charge on any atom is -0.386 e. The molecule has 0 radical (unpaired) electrons. The second-order valence-electron chi connectivity index (χ2n) is 3.30. The van der Waals surface area contributed by atoms with Crippen LogP contribution in [0.4, 0.5) is 4.39 Å². The molecule has 0 spiro atoms. The van der Waals surface area contributed by atoms with Gasteiger partial charge in [0, 0.05) is 18.0 Å². The number of benzene rings is 1. The van der Waals surface area contributed by atoms with Gasteiger partial charge in [-0.25, -0.2) is 9.37 Å². The molecule has 1 aromatic heterocycles. The Kier molecular flexibility index (Phi) is 3.53. The third-order valence-electron chi connectivity index (χ3n) is 2.18. The van der Waals surface area contributed by atoms with Crippen molar-refractivity contribution < 1.29 is 9.50 Å². The molecule has 1 unspecified atom stereocenters. The van der Waals surface area contributed by atoms with E-state index >= 15 is 0 Å². The fraction of sp³-hybridized carbons (Fsp3) is 0.182. The molecule has 0 aliphatic carbocycles. The Bertz CT molecular complexity index is 475. The molecule has 2 nitrogen and oxygen atoms in total. The van der Waals surface area contributed by atoms with Crippen LogP contribution in [0.1, 0.15) is 16.7 Å². The van der Waals surface area contributed by atoms with Gasteiger partial charge in [0.05, 0.1) is 5.02 Å². The van der Waals surface area contributed by atoms with Gasteiger partial charge in [-0.2, -0.15) is 0 Å². The standard InChI is InChI=1S/C11H9ClFNOS/c12-10-7(2-1-3-8(10)13)6-9(15)11-14-4-5-16-11/h1-5,9,15H,6H2. The highest BCUT2D eigenvalue weighted by molar-refractivity contribution is 7.09. The van der Waals surface area contributed by atoms with E-state index < -0.39 is 11.9 Å². The van der Waals surface area contributed by atoms with Gasteiger partial charge in [-0.1, -0.05) is 23.7 Å². The lowest BCUT2D eigenvalue weighted by Crippen LogP contribution is -2.02. The first kappa shape index (κ1) is 11.5. The van der Waals surface area contributed by atoms with Crippen LogP contribution in [0.5, 0.6) is 0 Å². The summed E-state index contributed by atoms with van der Waals surface area (Å²) < 4.78 is 13.1. The van der Waals surface area contributed by atoms with Crippen molar-refractivity contribution in [2.45, 2.75) is 12.5 Å². The van der Waals surface area contributed by atoms with Gasteiger partial charge in [-0.15, -0.1) is 11.3 Å². The number of rotatable bonds is 3. The molecule has 0 fully saturated rings. The molecule has 5 heteroatoms. The van der Waals surface area contributed by atoms with Crippen LogP contribution in [0.2, 0.25) is 5.02 Å². The summed E-state index contributed by atoms with van der Waals surface area (Å²) in [5, 5.41) is 12.3. The average molecular weight is 258 g/mol. The molecule has 0 amide bonds. The smallest absolute Gasteiger partial charge is 0.142 e. The van der Waals surface area contributed by atoms with E-state index in [1.165, 1.54) is 17.4 Å². The summed E-state index contributed by atoms with van der Waals surface area (Å²) in [5.74, 6) is -0.467. The molecular weight excluding hydrogens is 249 g/mol. The van der Waals surface area contributed by atoms with Crippen molar-refractivity contribution in [2.75, 3.05) is 0 Å². The number of aliphatic hydroxyl groups excluding tert-OH is 1. The van der Waals surface area contributed by atoms with Crippen molar-refractivity contribution in [3.8, 4) is 0 Å². The van der Waals surface area contributed by atoms with Gasteiger partial charge in [0.1, 0.15) is 16.9 Å². The Balaban J connectivity index is 2.18. The summed E-state index contributed by atoms with van der Waals surface area (Å²) in [6.07, 6.45) is 1.15. The maximum atomic E-state index is 13.1. The van der Waals surface area contributed by atoms with Gasteiger partial charge in [0.2, 0.25) is 0 Å². The monoisotopic (exact) mass is 257 g/mol. The summed E-state index contributed by atoms with van der Waals surface area (Å²) in [5.41, 5.74) is 0.587. The van der Waals surface area contributed by atoms with Crippen LogP contribution in [0.15, 0.2) is 29.8 Å². The molecule has 84 valence electrons. The molecule has 0 bridgehead atoms. The molecule has 1 heterocycles. The molecular formula is C11H9ClFNOS. The van der Waals surface area contributed by atoms with Crippen molar-refractivity contribution in [3.05, 3.63) is 51.2 Å². The molecule has 1 N–H and O–H groups in total. The van der Waals surface area contributed by atoms with Crippen molar-refractivity contribution in [3.63, 3.8) is 0 Å². The minimum atomic E-state index is -0.737. The summed E-state index contributed by atoms with van der Waals surface area (Å²) >= 11 is 7.16. The van der Waals surface area contributed by atoms with Crippen LogP contribution in [-0.2, 0) is 6.42 Å². The highest BCUT2D eigenvalue weighted by atomic mass is 35.5. The zero-order valence-electron chi connectivity index (χ0n) is 8.23. The van der Waals surface area contributed by atoms with Gasteiger partial charge >= 0.3 is 0 Å². The fourth-order valence-corrected chi connectivity index (χ4v) is 2.23. The molecule has 0 saturated heterocycles. The number of halogens is 2. The van der Waals surface area contributed by atoms with Crippen molar-refractivity contribution >= 4 is 22.9 Å². The van der Waals surface area contributed by atoms with Gasteiger partial charge in [-0.3, -0.25) is 0 Å². The summed E-state index contributed by atoms with van der Waals surface area (Å²) in [7, 11) is 0. The van der Waals surface area contributed by atoms with E-state index in [1.54, 1.807) is 23.7 Å². The lowest BCUT2D eigenvalue weighted by atomic mass is 10.1. The van der Waals surface area contributed by atoms with E-state index in [0.29, 0.717) is 10.6 Å². The van der Waals surface area contributed by atoms with Crippen LogP contribution >= 0.6 is 22.9 Å². The van der Waals surface area contributed by atoms with Crippen LogP contribution in [-0.4, -0.2) is 10.1 Å². The third-order valence-corrected chi connectivity index (χ3v) is 3.48. The molecule has 16 heavy (non-hydrogen) atoms. The highest BCUT2D eigenvalue weighted by Crippen LogP contribution is 2.26. The van der Waals surface area contributed by atoms with Crippen LogP contribution in [0, 0.1) is 5.82 Å². The number of thiazole rings is 1. The van der Waals surface area contributed by atoms with Gasteiger partial charge in [0.25, 0.3) is 0 Å². The van der Waals surface area contributed by atoms with E-state index in [-0.39, 0.29) is 11.4 Å². The van der Waals surface area contributed by atoms with Gasteiger partial charge < -0.3 is 5.11 Å². The number of hydrogen-bond acceptors (Lipinski definition) is 3. The summed E-state index contributed by atoms with van der Waals surface area (Å²) in [6, 6.07) is 4.56. The largest absolute Gasteiger partial charge is 0.386 e. The summed E-state index contributed by atoms with van der Waals surface area (Å²) in [4.78, 5) is 4.00. The van der Waals surface area contributed by atoms with Crippen molar-refractivity contribution in [1.29, 1.82) is 0 Å². The predicted molar refractivity (Wildman–Crippen MR) is 62.2 cm³/mol. The maximum absolute atomic E-state index is 13.1. The third kappa shape index (κ3) is 2.40. The highest BCUT2D eigenvalue weighted by Gasteiger charge is 2.14. The van der Waals surface area contributed by atoms with Crippen LogP contribution in [0.25, 0.3) is 0 Å². The van der Waals surface area contributed by atoms with Crippen LogP contribution < -0.4 is 0 Å². The SMILES string of the molecule is OC(Cc1cccc(F)c1Cl)c1nccs1. The lowest BCUT2D eigenvalue weighted by Gasteiger charge is -2.09. The van der Waals surface area contributed by atoms with E-state index in [4.69, 9.17) is 11.6 Å². The molecule has 2 rings (SSSR count). The fourth-order valence-electron chi connectivity index (χ4n) is 1.40. The Morgan fingerprint density at radius 2 is 2.31 bits per heavy atom. The van der Waals surface area contributed by atoms with E-state index in [2.05, 4.69) is 4.98 Å². The zero-order valence-corrected chi connectivity index (χ0v) is 9.80. The quantitative estimate of drug-likeness (QED) is 0.916. The predicted octanol–water partition coefficient (Wildman–Crippen LogP) is 3.21. The van der Waals surface area contributed by atoms with Gasteiger partial charge in [0.15, 0.2) is 0 Å². The first-order valence-electron chi connectivity index (χ1n) is 4.69. The Morgan fingerprint density at radius 3 is 3.00 bits per heavy atom. The molecule has 1 aromatic carbocycles. The van der Waals surface area contributed by atoms with E-state index in [0.717, 1.165) is 0 Å². The molecule has 0 aliphatic heterocycles. The van der Waals surface area contributed by atoms with E-state index in [9.17, 15) is 9.50 Å². The maximum Gasteiger partial charge on any atom is 0.142 e. The second kappa shape index (κ2) is 4.91. The number of nitrogens with zero attached hydrogens (tertiary/aromatic N) is 1. The molecule has 2 aromatic rings. The second-order valence-corrected chi connectivity index (χ2v) is 4.61. The Labute approximate surface area is 101 Å². The number of hydrogen-bond donors (Lipinski definition) is 1. The van der Waals surface area contributed by atoms with Crippen molar-refractivity contribution in [2.24, 2.45) is 0 Å². The molecule has 0 saturated carbocycles. The summed E-state index contributed by atoms with van der Waals surface area (Å²) in [6.45, 7) is 0. The lowest BCUT2D eigenvalue weighted by molar-refractivity contribution is 0.178. The Hall–Kier alpha value is -0.970. The zero-order chi connectivity index (χ0) is 11.5. The van der Waals surface area contributed by atoms with Crippen LogP contribution in [0.3, 0.4) is 0 Å². The van der Waals surface area contributed by atoms with Crippen molar-refractivity contribution in [1.82, 2.24) is 4.98 Å². The molecule has 1 atom stereocenters. The normalized spacial score (nSPS) is 12.7. The minimum absolute atomic E-state index is 0.0677. The molecule has 0 aliphatic rings. The van der Waals surface area contributed by atoms with Gasteiger partial charge in [-0.05, 0) is 11.6 Å². The number of aromatic nitrogens is 1. The number of aliphatic hydroxyl groups is 1. The topological polar surface area (TPSA) is 33.1 Å². The first-order valence-corrected chi connectivity index (χ1v) is 5.94. The first-order chi connectivity index (χ1) is 7.68. The Morgan fingerprint density at radius 1 is 1.50 bits per heavy atom. The van der Waals surface area contributed by atoms with E-state index in [1.807, 2.05) is 0 Å².